The molecular weight excluding hydrogens is 282 g/mol. The van der Waals surface area contributed by atoms with Gasteiger partial charge in [-0.1, -0.05) is 0 Å². The van der Waals surface area contributed by atoms with Gasteiger partial charge >= 0.3 is 0 Å². The van der Waals surface area contributed by atoms with Crippen molar-refractivity contribution in [3.63, 3.8) is 0 Å². The zero-order valence-corrected chi connectivity index (χ0v) is 13.8. The Morgan fingerprint density at radius 1 is 1.32 bits per heavy atom. The largest absolute Gasteiger partial charge is 0.348 e. The molecule has 0 N–H and O–H groups in total. The molecule has 122 valence electrons. The topological polar surface area (TPSA) is 61.7 Å². The summed E-state index contributed by atoms with van der Waals surface area (Å²) in [7, 11) is 5.41. The van der Waals surface area contributed by atoms with Crippen molar-refractivity contribution >= 4 is 11.8 Å². The number of nitrogens with zero attached hydrogens (tertiary/aromatic N) is 5. The van der Waals surface area contributed by atoms with Gasteiger partial charge in [-0.05, 0) is 6.07 Å². The maximum atomic E-state index is 12.4. The van der Waals surface area contributed by atoms with Crippen LogP contribution in [0, 0.1) is 5.92 Å². The molecule has 1 aromatic rings. The van der Waals surface area contributed by atoms with E-state index in [0.717, 1.165) is 12.2 Å². The van der Waals surface area contributed by atoms with E-state index >= 15 is 0 Å². The van der Waals surface area contributed by atoms with E-state index in [0.29, 0.717) is 26.2 Å². The molecule has 7 nitrogen and oxygen atoms in total. The molecule has 1 aliphatic heterocycles. The van der Waals surface area contributed by atoms with Crippen molar-refractivity contribution in [3.8, 4) is 0 Å². The number of aromatic nitrogens is 2. The Balaban J connectivity index is 2.11. The first kappa shape index (κ1) is 16.5. The maximum absolute atomic E-state index is 12.4. The van der Waals surface area contributed by atoms with Gasteiger partial charge in [-0.15, -0.1) is 0 Å². The Morgan fingerprint density at radius 3 is 2.59 bits per heavy atom. The molecule has 0 spiro atoms. The Kier molecular flexibility index (Phi) is 5.18. The third-order valence-corrected chi connectivity index (χ3v) is 4.00. The lowest BCUT2D eigenvalue weighted by atomic mass is 10.1. The van der Waals surface area contributed by atoms with E-state index in [-0.39, 0.29) is 17.7 Å². The molecule has 1 aliphatic rings. The van der Waals surface area contributed by atoms with Crippen molar-refractivity contribution in [1.82, 2.24) is 24.5 Å². The van der Waals surface area contributed by atoms with Crippen LogP contribution >= 0.6 is 0 Å². The average molecular weight is 307 g/mol. The van der Waals surface area contributed by atoms with Gasteiger partial charge in [-0.25, -0.2) is 0 Å². The van der Waals surface area contributed by atoms with E-state index in [1.807, 2.05) is 19.3 Å². The first-order valence-electron chi connectivity index (χ1n) is 7.54. The maximum Gasteiger partial charge on any atom is 0.228 e. The third-order valence-electron chi connectivity index (χ3n) is 4.00. The summed E-state index contributed by atoms with van der Waals surface area (Å²) in [6.07, 6.45) is 1.91. The molecule has 22 heavy (non-hydrogen) atoms. The van der Waals surface area contributed by atoms with E-state index in [1.165, 1.54) is 0 Å². The van der Waals surface area contributed by atoms with Gasteiger partial charge in [0, 0.05) is 67.0 Å². The lowest BCUT2D eigenvalue weighted by Crippen LogP contribution is -2.41. The summed E-state index contributed by atoms with van der Waals surface area (Å²) < 4.78 is 1.78. The van der Waals surface area contributed by atoms with Crippen molar-refractivity contribution in [3.05, 3.63) is 18.0 Å². The molecule has 2 amide bonds. The van der Waals surface area contributed by atoms with Gasteiger partial charge in [0.1, 0.15) is 0 Å². The van der Waals surface area contributed by atoms with Crippen LogP contribution < -0.4 is 0 Å². The molecule has 0 unspecified atom stereocenters. The lowest BCUT2D eigenvalue weighted by molar-refractivity contribution is -0.135. The Hall–Kier alpha value is -1.89. The molecule has 0 bridgehead atoms. The van der Waals surface area contributed by atoms with E-state index in [2.05, 4.69) is 10.00 Å². The second-order valence-corrected chi connectivity index (χ2v) is 6.11. The quantitative estimate of drug-likeness (QED) is 0.775. The number of hydrogen-bond acceptors (Lipinski definition) is 4. The van der Waals surface area contributed by atoms with Gasteiger partial charge in [0.25, 0.3) is 0 Å². The molecule has 0 radical (unpaired) electrons. The second kappa shape index (κ2) is 6.91. The fourth-order valence-electron chi connectivity index (χ4n) is 2.81. The Bertz CT molecular complexity index is 540. The molecule has 2 heterocycles. The smallest absolute Gasteiger partial charge is 0.228 e. The van der Waals surface area contributed by atoms with E-state index < -0.39 is 0 Å². The van der Waals surface area contributed by atoms with Gasteiger partial charge in [0.15, 0.2) is 0 Å². The minimum Gasteiger partial charge on any atom is -0.348 e. The van der Waals surface area contributed by atoms with E-state index in [4.69, 9.17) is 0 Å². The van der Waals surface area contributed by atoms with Gasteiger partial charge < -0.3 is 9.80 Å². The molecule has 2 rings (SSSR count). The summed E-state index contributed by atoms with van der Waals surface area (Å²) >= 11 is 0. The highest BCUT2D eigenvalue weighted by Crippen LogP contribution is 2.14. The first-order valence-corrected chi connectivity index (χ1v) is 7.54. The number of rotatable bonds is 3. The fraction of sp³-hybridized carbons (Fsp3) is 0.667. The minimum atomic E-state index is -0.190. The SMILES string of the molecule is CC(=O)N1CCN(Cc2ccn(C)n2)C[C@H](C(=O)N(C)C)C1. The summed E-state index contributed by atoms with van der Waals surface area (Å²) in [6, 6.07) is 1.98. The Labute approximate surface area is 131 Å². The summed E-state index contributed by atoms with van der Waals surface area (Å²) in [4.78, 5) is 29.7. The van der Waals surface area contributed by atoms with Crippen molar-refractivity contribution in [2.24, 2.45) is 13.0 Å². The minimum absolute atomic E-state index is 0.0243. The van der Waals surface area contributed by atoms with Gasteiger partial charge in [0.2, 0.25) is 11.8 Å². The lowest BCUT2D eigenvalue weighted by Gasteiger charge is -2.25. The van der Waals surface area contributed by atoms with Crippen molar-refractivity contribution in [1.29, 1.82) is 0 Å². The molecule has 1 aromatic heterocycles. The van der Waals surface area contributed by atoms with Crippen LogP contribution in [-0.4, -0.2) is 76.6 Å². The summed E-state index contributed by atoms with van der Waals surface area (Å²) in [5, 5.41) is 4.39. The van der Waals surface area contributed by atoms with Crippen LogP contribution in [-0.2, 0) is 23.2 Å². The van der Waals surface area contributed by atoms with Gasteiger partial charge in [-0.3, -0.25) is 19.2 Å². The molecule has 0 aliphatic carbocycles. The standard InChI is InChI=1S/C15H25N5O2/c1-12(21)20-8-7-19(11-14-5-6-18(4)16-14)9-13(10-20)15(22)17(2)3/h5-6,13H,7-11H2,1-4H3/t13-/m0/s1. The zero-order valence-electron chi connectivity index (χ0n) is 13.8. The molecule has 0 saturated carbocycles. The normalized spacial score (nSPS) is 19.8. The van der Waals surface area contributed by atoms with Crippen LogP contribution in [0.25, 0.3) is 0 Å². The van der Waals surface area contributed by atoms with Crippen LogP contribution in [0.2, 0.25) is 0 Å². The number of aryl methyl sites for hydroxylation is 1. The first-order chi connectivity index (χ1) is 10.4. The monoisotopic (exact) mass is 307 g/mol. The Morgan fingerprint density at radius 2 is 2.05 bits per heavy atom. The highest BCUT2D eigenvalue weighted by Gasteiger charge is 2.30. The molecule has 1 atom stereocenters. The second-order valence-electron chi connectivity index (χ2n) is 6.11. The van der Waals surface area contributed by atoms with Crippen LogP contribution in [0.15, 0.2) is 12.3 Å². The molecule has 0 aromatic carbocycles. The zero-order chi connectivity index (χ0) is 16.3. The highest BCUT2D eigenvalue weighted by molar-refractivity contribution is 5.80. The van der Waals surface area contributed by atoms with Crippen LogP contribution in [0.3, 0.4) is 0 Å². The van der Waals surface area contributed by atoms with Crippen molar-refractivity contribution in [2.45, 2.75) is 13.5 Å². The molecule has 7 heteroatoms. The number of hydrogen-bond donors (Lipinski definition) is 0. The van der Waals surface area contributed by atoms with Gasteiger partial charge in [0.05, 0.1) is 11.6 Å². The van der Waals surface area contributed by atoms with E-state index in [1.54, 1.807) is 35.5 Å². The predicted molar refractivity (Wildman–Crippen MR) is 82.9 cm³/mol. The number of carbonyl (C=O) groups is 2. The summed E-state index contributed by atoms with van der Waals surface area (Å²) in [5.41, 5.74) is 0.981. The van der Waals surface area contributed by atoms with Crippen LogP contribution in [0.4, 0.5) is 0 Å². The average Bonchev–Trinajstić information content (AvgIpc) is 2.73. The highest BCUT2D eigenvalue weighted by atomic mass is 16.2. The number of amides is 2. The van der Waals surface area contributed by atoms with Crippen LogP contribution in [0.1, 0.15) is 12.6 Å². The van der Waals surface area contributed by atoms with Crippen molar-refractivity contribution in [2.75, 3.05) is 40.3 Å². The predicted octanol–water partition coefficient (Wildman–Crippen LogP) is -0.211. The third kappa shape index (κ3) is 4.07. The molecule has 1 saturated heterocycles. The van der Waals surface area contributed by atoms with E-state index in [9.17, 15) is 9.59 Å². The summed E-state index contributed by atoms with van der Waals surface area (Å²) in [5.74, 6) is -0.0967. The van der Waals surface area contributed by atoms with Gasteiger partial charge in [-0.2, -0.15) is 5.10 Å². The fourth-order valence-corrected chi connectivity index (χ4v) is 2.81. The van der Waals surface area contributed by atoms with Crippen molar-refractivity contribution < 1.29 is 9.59 Å². The van der Waals surface area contributed by atoms with Crippen LogP contribution in [0.5, 0.6) is 0 Å². The molecular formula is C15H25N5O2. The molecule has 1 fully saturated rings. The summed E-state index contributed by atoms with van der Waals surface area (Å²) in [6.45, 7) is 4.81. The number of carbonyl (C=O) groups excluding carboxylic acids is 2.